The molecule has 0 aromatic heterocycles. The van der Waals surface area contributed by atoms with Gasteiger partial charge in [-0.15, -0.1) is 0 Å². The highest BCUT2D eigenvalue weighted by molar-refractivity contribution is 7.89. The minimum Gasteiger partial charge on any atom is -0.480 e. The van der Waals surface area contributed by atoms with E-state index in [2.05, 4.69) is 0 Å². The van der Waals surface area contributed by atoms with Crippen molar-refractivity contribution >= 4 is 16.0 Å². The van der Waals surface area contributed by atoms with Gasteiger partial charge in [0.25, 0.3) is 0 Å². The van der Waals surface area contributed by atoms with Crippen molar-refractivity contribution in [3.63, 3.8) is 0 Å². The Balaban J connectivity index is 2.39. The summed E-state index contributed by atoms with van der Waals surface area (Å²) < 4.78 is 25.6. The van der Waals surface area contributed by atoms with E-state index in [0.717, 1.165) is 12.8 Å². The second kappa shape index (κ2) is 4.49. The fourth-order valence-electron chi connectivity index (χ4n) is 3.39. The van der Waals surface area contributed by atoms with E-state index in [1.807, 2.05) is 13.8 Å². The highest BCUT2D eigenvalue weighted by atomic mass is 32.2. The van der Waals surface area contributed by atoms with Crippen LogP contribution in [0.2, 0.25) is 0 Å². The van der Waals surface area contributed by atoms with Crippen LogP contribution in [0.1, 0.15) is 39.5 Å². The van der Waals surface area contributed by atoms with Gasteiger partial charge in [0.05, 0.1) is 5.75 Å². The van der Waals surface area contributed by atoms with Crippen molar-refractivity contribution in [2.45, 2.75) is 45.1 Å². The van der Waals surface area contributed by atoms with Crippen molar-refractivity contribution in [1.82, 2.24) is 4.31 Å². The van der Waals surface area contributed by atoms with Gasteiger partial charge in [0, 0.05) is 6.54 Å². The van der Waals surface area contributed by atoms with E-state index in [9.17, 15) is 18.3 Å². The van der Waals surface area contributed by atoms with Crippen molar-refractivity contribution in [2.75, 3.05) is 12.3 Å². The first-order chi connectivity index (χ1) is 8.28. The lowest BCUT2D eigenvalue weighted by Gasteiger charge is -2.42. The lowest BCUT2D eigenvalue weighted by Crippen LogP contribution is -2.57. The van der Waals surface area contributed by atoms with Gasteiger partial charge in [0.2, 0.25) is 10.0 Å². The van der Waals surface area contributed by atoms with Gasteiger partial charge >= 0.3 is 5.97 Å². The average molecular weight is 275 g/mol. The van der Waals surface area contributed by atoms with Gasteiger partial charge in [-0.05, 0) is 24.7 Å². The molecule has 0 aromatic carbocycles. The number of aliphatic carboxylic acids is 1. The second-order valence-corrected chi connectivity index (χ2v) is 7.89. The van der Waals surface area contributed by atoms with Crippen LogP contribution < -0.4 is 0 Å². The molecule has 0 spiro atoms. The number of carbonyl (C=O) groups is 1. The molecule has 3 atom stereocenters. The van der Waals surface area contributed by atoms with Crippen molar-refractivity contribution in [3.05, 3.63) is 0 Å². The number of hydrogen-bond donors (Lipinski definition) is 1. The number of nitrogens with zero attached hydrogens (tertiary/aromatic N) is 1. The van der Waals surface area contributed by atoms with Gasteiger partial charge < -0.3 is 5.11 Å². The smallest absolute Gasteiger partial charge is 0.325 e. The first kappa shape index (κ1) is 13.8. The molecule has 3 unspecified atom stereocenters. The SMILES string of the molecule is CC1CCCC(C(=O)O)(N2CC(C)CS2(=O)=O)C1. The molecule has 1 heterocycles. The summed E-state index contributed by atoms with van der Waals surface area (Å²) in [5.41, 5.74) is -1.19. The van der Waals surface area contributed by atoms with E-state index in [1.54, 1.807) is 0 Å². The Hall–Kier alpha value is -0.620. The number of sulfonamides is 1. The van der Waals surface area contributed by atoms with E-state index in [4.69, 9.17) is 0 Å². The Morgan fingerprint density at radius 3 is 2.44 bits per heavy atom. The monoisotopic (exact) mass is 275 g/mol. The Morgan fingerprint density at radius 1 is 1.33 bits per heavy atom. The van der Waals surface area contributed by atoms with E-state index in [-0.39, 0.29) is 17.6 Å². The molecule has 18 heavy (non-hydrogen) atoms. The minimum absolute atomic E-state index is 0.0171. The summed E-state index contributed by atoms with van der Waals surface area (Å²) in [6.07, 6.45) is 2.65. The van der Waals surface area contributed by atoms with Crippen LogP contribution >= 0.6 is 0 Å². The third-order valence-electron chi connectivity index (χ3n) is 4.16. The number of rotatable bonds is 2. The maximum atomic E-state index is 12.2. The van der Waals surface area contributed by atoms with Crippen molar-refractivity contribution in [3.8, 4) is 0 Å². The zero-order valence-corrected chi connectivity index (χ0v) is 11.7. The third kappa shape index (κ3) is 2.16. The van der Waals surface area contributed by atoms with Gasteiger partial charge in [-0.3, -0.25) is 4.79 Å². The Bertz CT molecular complexity index is 447. The second-order valence-electron chi connectivity index (χ2n) is 5.95. The minimum atomic E-state index is -3.41. The van der Waals surface area contributed by atoms with E-state index >= 15 is 0 Å². The molecule has 1 saturated carbocycles. The summed E-state index contributed by atoms with van der Waals surface area (Å²) in [4.78, 5) is 11.7. The summed E-state index contributed by atoms with van der Waals surface area (Å²) in [5.74, 6) is -0.618. The average Bonchev–Trinajstić information content (AvgIpc) is 2.51. The number of carboxylic acid groups (broad SMARTS) is 1. The summed E-state index contributed by atoms with van der Waals surface area (Å²) in [5, 5.41) is 9.58. The molecule has 5 nitrogen and oxygen atoms in total. The fraction of sp³-hybridized carbons (Fsp3) is 0.917. The van der Waals surface area contributed by atoms with Gasteiger partial charge in [0.1, 0.15) is 5.54 Å². The van der Waals surface area contributed by atoms with E-state index in [0.29, 0.717) is 19.4 Å². The molecule has 1 N–H and O–H groups in total. The summed E-state index contributed by atoms with van der Waals surface area (Å²) in [6.45, 7) is 4.21. The highest BCUT2D eigenvalue weighted by Crippen LogP contribution is 2.41. The third-order valence-corrected chi connectivity index (χ3v) is 6.32. The summed E-state index contributed by atoms with van der Waals surface area (Å²) in [7, 11) is -3.41. The molecular weight excluding hydrogens is 254 g/mol. The van der Waals surface area contributed by atoms with Crippen LogP contribution in [0.25, 0.3) is 0 Å². The van der Waals surface area contributed by atoms with Crippen molar-refractivity contribution < 1.29 is 18.3 Å². The molecule has 104 valence electrons. The van der Waals surface area contributed by atoms with Gasteiger partial charge in [-0.1, -0.05) is 26.7 Å². The van der Waals surface area contributed by atoms with Crippen LogP contribution in [-0.2, 0) is 14.8 Å². The molecule has 0 aromatic rings. The molecule has 0 bridgehead atoms. The molecule has 0 amide bonds. The molecule has 1 aliphatic heterocycles. The molecule has 2 rings (SSSR count). The molecule has 1 aliphatic carbocycles. The van der Waals surface area contributed by atoms with Crippen molar-refractivity contribution in [1.29, 1.82) is 0 Å². The van der Waals surface area contributed by atoms with Gasteiger partial charge in [0.15, 0.2) is 0 Å². The van der Waals surface area contributed by atoms with Crippen LogP contribution in [0.15, 0.2) is 0 Å². The Morgan fingerprint density at radius 2 is 2.00 bits per heavy atom. The molecular formula is C12H21NO4S. The lowest BCUT2D eigenvalue weighted by atomic mass is 9.76. The van der Waals surface area contributed by atoms with E-state index < -0.39 is 21.5 Å². The highest BCUT2D eigenvalue weighted by Gasteiger charge is 2.54. The normalized spacial score (nSPS) is 40.8. The number of carboxylic acids is 1. The van der Waals surface area contributed by atoms with Gasteiger partial charge in [-0.25, -0.2) is 8.42 Å². The van der Waals surface area contributed by atoms with Crippen LogP contribution in [-0.4, -0.2) is 41.6 Å². The predicted molar refractivity (Wildman–Crippen MR) is 67.7 cm³/mol. The summed E-state index contributed by atoms with van der Waals surface area (Å²) >= 11 is 0. The lowest BCUT2D eigenvalue weighted by molar-refractivity contribution is -0.151. The van der Waals surface area contributed by atoms with Crippen LogP contribution in [0.5, 0.6) is 0 Å². The Labute approximate surface area is 108 Å². The first-order valence-electron chi connectivity index (χ1n) is 6.52. The zero-order chi connectivity index (χ0) is 13.6. The quantitative estimate of drug-likeness (QED) is 0.824. The topological polar surface area (TPSA) is 74.7 Å². The van der Waals surface area contributed by atoms with E-state index in [1.165, 1.54) is 4.31 Å². The largest absolute Gasteiger partial charge is 0.480 e. The van der Waals surface area contributed by atoms with Crippen LogP contribution in [0.4, 0.5) is 0 Å². The summed E-state index contributed by atoms with van der Waals surface area (Å²) in [6, 6.07) is 0. The molecule has 6 heteroatoms. The fourth-order valence-corrected chi connectivity index (χ4v) is 5.65. The molecule has 1 saturated heterocycles. The predicted octanol–water partition coefficient (Wildman–Crippen LogP) is 1.30. The Kier molecular flexibility index (Phi) is 3.44. The zero-order valence-electron chi connectivity index (χ0n) is 10.9. The maximum Gasteiger partial charge on any atom is 0.325 e. The van der Waals surface area contributed by atoms with Crippen LogP contribution in [0.3, 0.4) is 0 Å². The first-order valence-corrected chi connectivity index (χ1v) is 8.13. The molecule has 2 fully saturated rings. The molecule has 2 aliphatic rings. The maximum absolute atomic E-state index is 12.2. The number of hydrogen-bond acceptors (Lipinski definition) is 3. The van der Waals surface area contributed by atoms with Gasteiger partial charge in [-0.2, -0.15) is 4.31 Å². The van der Waals surface area contributed by atoms with Crippen LogP contribution in [0, 0.1) is 11.8 Å². The van der Waals surface area contributed by atoms with Crippen molar-refractivity contribution in [2.24, 2.45) is 11.8 Å². The standard InChI is InChI=1S/C12H21NO4S/c1-9-4-3-5-12(6-9,11(14)15)13-7-10(2)8-18(13,16)17/h9-10H,3-8H2,1-2H3,(H,14,15). The molecule has 0 radical (unpaired) electrons.